The summed E-state index contributed by atoms with van der Waals surface area (Å²) in [4.78, 5) is 20.1. The van der Waals surface area contributed by atoms with Crippen LogP contribution in [0.25, 0.3) is 0 Å². The third kappa shape index (κ3) is 31.4. The molecule has 0 aromatic carbocycles. The van der Waals surface area contributed by atoms with Crippen molar-refractivity contribution in [1.29, 1.82) is 0 Å². The summed E-state index contributed by atoms with van der Waals surface area (Å²) in [6.45, 7) is 9.59. The van der Waals surface area contributed by atoms with E-state index in [1.165, 1.54) is 89.9 Å². The van der Waals surface area contributed by atoms with Gasteiger partial charge in [-0.3, -0.25) is 0 Å². The fourth-order valence-corrected chi connectivity index (χ4v) is 13.1. The second kappa shape index (κ2) is 29.1. The Labute approximate surface area is 192 Å². The van der Waals surface area contributed by atoms with Crippen molar-refractivity contribution < 1.29 is 14.3 Å². The Balaban J connectivity index is 0. The third-order valence-corrected chi connectivity index (χ3v) is 14.8. The molecule has 0 bridgehead atoms. The van der Waals surface area contributed by atoms with Crippen molar-refractivity contribution in [2.75, 3.05) is 6.61 Å². The molecule has 0 atom stereocenters. The topological polar surface area (TPSA) is 55.3 Å². The zero-order chi connectivity index (χ0) is 22.0. The van der Waals surface area contributed by atoms with E-state index in [9.17, 15) is 9.79 Å². The molecular formula is C24H52O3PSn-. The summed E-state index contributed by atoms with van der Waals surface area (Å²) in [5.41, 5.74) is 0. The summed E-state index contributed by atoms with van der Waals surface area (Å²) < 4.78 is 9.51. The predicted molar refractivity (Wildman–Crippen MR) is 130 cm³/mol. The van der Waals surface area contributed by atoms with Crippen LogP contribution >= 0.6 is 8.60 Å². The molecular weight excluding hydrogens is 486 g/mol. The van der Waals surface area contributed by atoms with Gasteiger partial charge < -0.3 is 14.3 Å². The molecule has 0 fully saturated rings. The van der Waals surface area contributed by atoms with Crippen molar-refractivity contribution in [3.63, 3.8) is 0 Å². The van der Waals surface area contributed by atoms with E-state index in [2.05, 4.69) is 32.2 Å². The number of rotatable bonds is 21. The van der Waals surface area contributed by atoms with E-state index in [1.807, 2.05) is 0 Å². The predicted octanol–water partition coefficient (Wildman–Crippen LogP) is 7.75. The summed E-state index contributed by atoms with van der Waals surface area (Å²) in [6, 6.07) is 0. The molecule has 0 aliphatic rings. The third-order valence-electron chi connectivity index (χ3n) is 5.35. The van der Waals surface area contributed by atoms with Crippen LogP contribution in [0.5, 0.6) is 0 Å². The summed E-state index contributed by atoms with van der Waals surface area (Å²) in [5.74, 6) is 0. The van der Waals surface area contributed by atoms with E-state index in [0.717, 1.165) is 12.8 Å². The van der Waals surface area contributed by atoms with Crippen molar-refractivity contribution in [1.82, 2.24) is 0 Å². The van der Waals surface area contributed by atoms with E-state index >= 15 is 0 Å². The number of unbranched alkanes of at least 4 members (excludes halogenated alkanes) is 12. The normalized spacial score (nSPS) is 10.9. The van der Waals surface area contributed by atoms with Crippen molar-refractivity contribution in [2.24, 2.45) is 0 Å². The van der Waals surface area contributed by atoms with Crippen LogP contribution in [0, 0.1) is 0 Å². The molecule has 0 amide bonds. The molecule has 0 spiro atoms. The first-order valence-electron chi connectivity index (χ1n) is 12.7. The number of hydrogen-bond donors (Lipinski definition) is 0. The summed E-state index contributed by atoms with van der Waals surface area (Å²) in [6.07, 6.45) is 21.4. The second-order valence-electron chi connectivity index (χ2n) is 8.30. The monoisotopic (exact) mass is 539 g/mol. The van der Waals surface area contributed by atoms with Gasteiger partial charge in [0.15, 0.2) is 0 Å². The molecule has 0 heterocycles. The van der Waals surface area contributed by atoms with E-state index in [-0.39, 0.29) is 0 Å². The first kappa shape index (κ1) is 32.3. The Hall–Kier alpha value is 1.11. The van der Waals surface area contributed by atoms with Crippen LogP contribution in [0.4, 0.5) is 0 Å². The van der Waals surface area contributed by atoms with Gasteiger partial charge in [0.25, 0.3) is 0 Å². The van der Waals surface area contributed by atoms with Crippen molar-refractivity contribution in [3.05, 3.63) is 0 Å². The van der Waals surface area contributed by atoms with E-state index in [1.54, 1.807) is 13.3 Å². The average molecular weight is 538 g/mol. The molecule has 0 unspecified atom stereocenters. The van der Waals surface area contributed by atoms with Crippen molar-refractivity contribution >= 4 is 28.4 Å². The summed E-state index contributed by atoms with van der Waals surface area (Å²) in [5, 5.41) is 0. The maximum atomic E-state index is 10.1. The van der Waals surface area contributed by atoms with Crippen LogP contribution < -0.4 is 9.79 Å². The number of hydrogen-bond acceptors (Lipinski definition) is 3. The molecule has 0 aromatic rings. The average Bonchev–Trinajstić information content (AvgIpc) is 2.71. The fraction of sp³-hybridized carbons (Fsp3) is 1.00. The quantitative estimate of drug-likeness (QED) is 0.0853. The second-order valence-corrected chi connectivity index (χ2v) is 17.6. The van der Waals surface area contributed by atoms with E-state index < -0.39 is 28.4 Å². The molecule has 0 aliphatic carbocycles. The minimum atomic E-state index is -2.64. The first-order valence-corrected chi connectivity index (χ1v) is 19.9. The Morgan fingerprint density at radius 3 is 1.21 bits per heavy atom. The molecule has 5 heteroatoms. The molecule has 0 aromatic heterocycles. The molecule has 0 saturated carbocycles. The Bertz CT molecular complexity index is 262. The molecule has 3 nitrogen and oxygen atoms in total. The standard InChI is InChI=1S/C12H25O3P.3C4H9.Sn/c1-2-3-4-5-6-7-8-9-10-11-12-15-16(13)14;3*1-3-4-2;/h2-12H2,1H3;3*1,3-4H2,2H3;/q-2;;;;+1. The fourth-order valence-electron chi connectivity index (χ4n) is 3.38. The molecule has 0 radical (unpaired) electrons. The van der Waals surface area contributed by atoms with E-state index in [0.29, 0.717) is 6.61 Å². The van der Waals surface area contributed by atoms with E-state index in [4.69, 9.17) is 0 Å². The zero-order valence-electron chi connectivity index (χ0n) is 20.3. The van der Waals surface area contributed by atoms with Crippen LogP contribution in [-0.4, -0.2) is 26.4 Å². The molecule has 0 saturated heterocycles. The minimum absolute atomic E-state index is 0.356. The summed E-state index contributed by atoms with van der Waals surface area (Å²) in [7, 11) is -2.64. The molecule has 0 rings (SSSR count). The molecule has 0 N–H and O–H groups in total. The Morgan fingerprint density at radius 1 is 0.517 bits per heavy atom. The van der Waals surface area contributed by atoms with Gasteiger partial charge in [0, 0.05) is 6.61 Å². The van der Waals surface area contributed by atoms with Gasteiger partial charge in [-0.25, -0.2) is 0 Å². The molecule has 0 aliphatic heterocycles. The molecule has 29 heavy (non-hydrogen) atoms. The van der Waals surface area contributed by atoms with Crippen LogP contribution in [0.15, 0.2) is 0 Å². The zero-order valence-corrected chi connectivity index (χ0v) is 24.1. The van der Waals surface area contributed by atoms with Gasteiger partial charge in [0.1, 0.15) is 0 Å². The SMILES string of the molecule is CCCCCCCCCCCCOP([O-])[O-].CCC[CH2][Sn+]([CH2]CCC)[CH2]CCC. The van der Waals surface area contributed by atoms with Gasteiger partial charge in [-0.1, -0.05) is 64.7 Å². The maximum absolute atomic E-state index is 10.1. The summed E-state index contributed by atoms with van der Waals surface area (Å²) >= 11 is -0.839. The van der Waals surface area contributed by atoms with Gasteiger partial charge in [-0.05, 0) is 6.42 Å². The van der Waals surface area contributed by atoms with Crippen molar-refractivity contribution in [2.45, 2.75) is 144 Å². The van der Waals surface area contributed by atoms with Crippen LogP contribution in [0.3, 0.4) is 0 Å². The molecule has 176 valence electrons. The van der Waals surface area contributed by atoms with Gasteiger partial charge in [0.05, 0.1) is 0 Å². The van der Waals surface area contributed by atoms with Crippen LogP contribution in [0.1, 0.15) is 130 Å². The Kier molecular flexibility index (Phi) is 32.4. The van der Waals surface area contributed by atoms with Crippen LogP contribution in [0.2, 0.25) is 13.3 Å². The van der Waals surface area contributed by atoms with Crippen LogP contribution in [-0.2, 0) is 4.52 Å². The van der Waals surface area contributed by atoms with Gasteiger partial charge in [-0.15, -0.1) is 0 Å². The Morgan fingerprint density at radius 2 is 0.862 bits per heavy atom. The van der Waals surface area contributed by atoms with Gasteiger partial charge in [-0.2, -0.15) is 8.60 Å². The van der Waals surface area contributed by atoms with Gasteiger partial charge in [0.2, 0.25) is 0 Å². The van der Waals surface area contributed by atoms with Crippen molar-refractivity contribution in [3.8, 4) is 0 Å². The van der Waals surface area contributed by atoms with Gasteiger partial charge >= 0.3 is 92.4 Å². The first-order chi connectivity index (χ1) is 14.1.